The summed E-state index contributed by atoms with van der Waals surface area (Å²) in [7, 11) is 0. The van der Waals surface area contributed by atoms with E-state index in [0.717, 1.165) is 28.1 Å². The lowest BCUT2D eigenvalue weighted by atomic mass is 10.0. The van der Waals surface area contributed by atoms with Crippen molar-refractivity contribution >= 4 is 27.3 Å². The van der Waals surface area contributed by atoms with Gasteiger partial charge in [0.25, 0.3) is 0 Å². The number of thiazole rings is 1. The summed E-state index contributed by atoms with van der Waals surface area (Å²) in [6.07, 6.45) is 1.65. The maximum atomic E-state index is 13.9. The van der Waals surface area contributed by atoms with Crippen LogP contribution in [0, 0.1) is 12.7 Å². The van der Waals surface area contributed by atoms with Gasteiger partial charge in [-0.2, -0.15) is 0 Å². The fourth-order valence-corrected chi connectivity index (χ4v) is 3.13. The highest BCUT2D eigenvalue weighted by Gasteiger charge is 2.16. The molecule has 0 saturated heterocycles. The van der Waals surface area contributed by atoms with Crippen LogP contribution in [0.3, 0.4) is 0 Å². The average Bonchev–Trinajstić information content (AvgIpc) is 2.85. The van der Waals surface area contributed by atoms with Gasteiger partial charge in [-0.25, -0.2) is 9.37 Å². The van der Waals surface area contributed by atoms with Crippen molar-refractivity contribution in [1.29, 1.82) is 0 Å². The van der Waals surface area contributed by atoms with E-state index in [1.807, 2.05) is 13.0 Å². The molecule has 0 fully saturated rings. The average molecular weight is 357 g/mol. The van der Waals surface area contributed by atoms with E-state index in [1.54, 1.807) is 17.4 Å². The lowest BCUT2D eigenvalue weighted by Gasteiger charge is -2.17. The third-order valence-corrected chi connectivity index (χ3v) is 4.35. The SMILES string of the molecule is CCCNC(Cc1cc(Br)ccc1F)c1csc(C)n1. The second kappa shape index (κ2) is 7.29. The lowest BCUT2D eigenvalue weighted by molar-refractivity contribution is 0.504. The van der Waals surface area contributed by atoms with Gasteiger partial charge in [0.2, 0.25) is 0 Å². The van der Waals surface area contributed by atoms with Crippen LogP contribution in [0.5, 0.6) is 0 Å². The van der Waals surface area contributed by atoms with Crippen LogP contribution in [0.15, 0.2) is 28.1 Å². The Hall–Kier alpha value is -0.780. The molecule has 2 aromatic rings. The first-order valence-electron chi connectivity index (χ1n) is 6.69. The number of nitrogens with one attached hydrogen (secondary N) is 1. The standard InChI is InChI=1S/C15H18BrFN2S/c1-3-6-18-14(15-9-20-10(2)19-15)8-11-7-12(16)4-5-13(11)17/h4-5,7,9,14,18H,3,6,8H2,1-2H3. The summed E-state index contributed by atoms with van der Waals surface area (Å²) in [6, 6.07) is 5.13. The number of aromatic nitrogens is 1. The second-order valence-corrected chi connectivity index (χ2v) is 6.72. The summed E-state index contributed by atoms with van der Waals surface area (Å²) >= 11 is 5.03. The summed E-state index contributed by atoms with van der Waals surface area (Å²) in [5, 5.41) is 6.55. The van der Waals surface area contributed by atoms with Crippen LogP contribution in [0.4, 0.5) is 4.39 Å². The Morgan fingerprint density at radius 2 is 2.25 bits per heavy atom. The van der Waals surface area contributed by atoms with E-state index in [2.05, 4.69) is 38.5 Å². The lowest BCUT2D eigenvalue weighted by Crippen LogP contribution is -2.24. The third-order valence-electron chi connectivity index (χ3n) is 3.07. The molecule has 20 heavy (non-hydrogen) atoms. The first-order valence-corrected chi connectivity index (χ1v) is 8.36. The maximum absolute atomic E-state index is 13.9. The van der Waals surface area contributed by atoms with Crippen molar-refractivity contribution in [2.24, 2.45) is 0 Å². The highest BCUT2D eigenvalue weighted by molar-refractivity contribution is 9.10. The Bertz CT molecular complexity index is 571. The predicted octanol–water partition coefficient (Wildman–Crippen LogP) is 4.64. The Kier molecular flexibility index (Phi) is 5.69. The fourth-order valence-electron chi connectivity index (χ4n) is 2.06. The van der Waals surface area contributed by atoms with Crippen LogP contribution in [0.25, 0.3) is 0 Å². The van der Waals surface area contributed by atoms with E-state index in [0.29, 0.717) is 12.0 Å². The smallest absolute Gasteiger partial charge is 0.126 e. The van der Waals surface area contributed by atoms with Crippen molar-refractivity contribution < 1.29 is 4.39 Å². The number of hydrogen-bond acceptors (Lipinski definition) is 3. The Balaban J connectivity index is 2.21. The monoisotopic (exact) mass is 356 g/mol. The van der Waals surface area contributed by atoms with Crippen molar-refractivity contribution in [3.63, 3.8) is 0 Å². The van der Waals surface area contributed by atoms with E-state index >= 15 is 0 Å². The minimum absolute atomic E-state index is 0.0590. The molecule has 1 atom stereocenters. The molecule has 0 amide bonds. The Labute approximate surface area is 131 Å². The van der Waals surface area contributed by atoms with Crippen LogP contribution < -0.4 is 5.32 Å². The number of rotatable bonds is 6. The fraction of sp³-hybridized carbons (Fsp3) is 0.400. The van der Waals surface area contributed by atoms with Gasteiger partial charge in [0, 0.05) is 9.85 Å². The topological polar surface area (TPSA) is 24.9 Å². The highest BCUT2D eigenvalue weighted by Crippen LogP contribution is 2.24. The van der Waals surface area contributed by atoms with Gasteiger partial charge in [-0.15, -0.1) is 11.3 Å². The molecule has 0 saturated carbocycles. The summed E-state index contributed by atoms with van der Waals surface area (Å²) in [6.45, 7) is 5.01. The second-order valence-electron chi connectivity index (χ2n) is 4.74. The molecule has 0 spiro atoms. The molecule has 0 radical (unpaired) electrons. The summed E-state index contributed by atoms with van der Waals surface area (Å²) in [4.78, 5) is 4.53. The van der Waals surface area contributed by atoms with E-state index in [9.17, 15) is 4.39 Å². The van der Waals surface area contributed by atoms with Crippen molar-refractivity contribution in [1.82, 2.24) is 10.3 Å². The molecule has 1 aromatic heterocycles. The molecule has 0 aliphatic rings. The molecule has 5 heteroatoms. The van der Waals surface area contributed by atoms with Crippen molar-refractivity contribution in [3.05, 3.63) is 50.1 Å². The molecular weight excluding hydrogens is 339 g/mol. The van der Waals surface area contributed by atoms with Gasteiger partial charge in [-0.05, 0) is 50.1 Å². The van der Waals surface area contributed by atoms with E-state index in [-0.39, 0.29) is 11.9 Å². The van der Waals surface area contributed by atoms with Gasteiger partial charge in [-0.3, -0.25) is 0 Å². The van der Waals surface area contributed by atoms with Gasteiger partial charge in [0.15, 0.2) is 0 Å². The number of halogens is 2. The number of aryl methyl sites for hydroxylation is 1. The Morgan fingerprint density at radius 1 is 1.45 bits per heavy atom. The molecule has 1 N–H and O–H groups in total. The number of hydrogen-bond donors (Lipinski definition) is 1. The molecule has 1 heterocycles. The van der Waals surface area contributed by atoms with Gasteiger partial charge >= 0.3 is 0 Å². The maximum Gasteiger partial charge on any atom is 0.126 e. The summed E-state index contributed by atoms with van der Waals surface area (Å²) in [5.41, 5.74) is 1.71. The van der Waals surface area contributed by atoms with Crippen LogP contribution in [0.2, 0.25) is 0 Å². The van der Waals surface area contributed by atoms with Gasteiger partial charge in [0.05, 0.1) is 16.7 Å². The zero-order chi connectivity index (χ0) is 14.5. The summed E-state index contributed by atoms with van der Waals surface area (Å²) < 4.78 is 14.8. The molecule has 1 unspecified atom stereocenters. The molecule has 1 aromatic carbocycles. The third kappa shape index (κ3) is 4.11. The van der Waals surface area contributed by atoms with Crippen LogP contribution in [-0.4, -0.2) is 11.5 Å². The Morgan fingerprint density at radius 3 is 2.90 bits per heavy atom. The van der Waals surface area contributed by atoms with Crippen LogP contribution in [0.1, 0.15) is 35.7 Å². The zero-order valence-corrected chi connectivity index (χ0v) is 14.0. The predicted molar refractivity (Wildman–Crippen MR) is 85.7 cm³/mol. The molecule has 0 bridgehead atoms. The molecule has 2 rings (SSSR count). The molecular formula is C15H18BrFN2S. The van der Waals surface area contributed by atoms with Crippen LogP contribution in [-0.2, 0) is 6.42 Å². The van der Waals surface area contributed by atoms with Gasteiger partial charge in [-0.1, -0.05) is 22.9 Å². The first kappa shape index (κ1) is 15.6. The highest BCUT2D eigenvalue weighted by atomic mass is 79.9. The van der Waals surface area contributed by atoms with E-state index in [1.165, 1.54) is 6.07 Å². The largest absolute Gasteiger partial charge is 0.308 e. The van der Waals surface area contributed by atoms with Crippen molar-refractivity contribution in [2.45, 2.75) is 32.7 Å². The number of benzene rings is 1. The van der Waals surface area contributed by atoms with Gasteiger partial charge < -0.3 is 5.32 Å². The zero-order valence-electron chi connectivity index (χ0n) is 11.6. The molecule has 0 aliphatic heterocycles. The number of nitrogens with zero attached hydrogens (tertiary/aromatic N) is 1. The molecule has 0 aliphatic carbocycles. The minimum atomic E-state index is -0.163. The van der Waals surface area contributed by atoms with Gasteiger partial charge in [0.1, 0.15) is 5.82 Å². The molecule has 2 nitrogen and oxygen atoms in total. The van der Waals surface area contributed by atoms with Crippen molar-refractivity contribution in [3.8, 4) is 0 Å². The normalized spacial score (nSPS) is 12.6. The van der Waals surface area contributed by atoms with Crippen LogP contribution >= 0.6 is 27.3 Å². The summed E-state index contributed by atoms with van der Waals surface area (Å²) in [5.74, 6) is -0.163. The van der Waals surface area contributed by atoms with Crippen molar-refractivity contribution in [2.75, 3.05) is 6.54 Å². The minimum Gasteiger partial charge on any atom is -0.308 e. The van der Waals surface area contributed by atoms with E-state index in [4.69, 9.17) is 0 Å². The van der Waals surface area contributed by atoms with E-state index < -0.39 is 0 Å². The molecule has 108 valence electrons. The quantitative estimate of drug-likeness (QED) is 0.815. The first-order chi connectivity index (χ1) is 9.60.